The van der Waals surface area contributed by atoms with Gasteiger partial charge in [-0.25, -0.2) is 18.4 Å². The highest BCUT2D eigenvalue weighted by molar-refractivity contribution is 9.11. The van der Waals surface area contributed by atoms with Gasteiger partial charge < -0.3 is 0 Å². The van der Waals surface area contributed by atoms with Gasteiger partial charge in [-0.2, -0.15) is 12.2 Å². The zero-order valence-electron chi connectivity index (χ0n) is 10.4. The summed E-state index contributed by atoms with van der Waals surface area (Å²) in [5.74, 6) is 0.127. The zero-order valence-corrected chi connectivity index (χ0v) is 14.4. The number of sulfonamides is 1. The van der Waals surface area contributed by atoms with Gasteiger partial charge in [0, 0.05) is 0 Å². The van der Waals surface area contributed by atoms with E-state index in [4.69, 9.17) is 0 Å². The van der Waals surface area contributed by atoms with Gasteiger partial charge in [0.25, 0.3) is 0 Å². The molecule has 0 aliphatic heterocycles. The topological polar surface area (TPSA) is 72.0 Å². The molecule has 0 atom stereocenters. The van der Waals surface area contributed by atoms with Crippen molar-refractivity contribution in [2.24, 2.45) is 0 Å². The number of allylic oxidation sites excluding steroid dienone is 5. The molecule has 0 aromatic carbocycles. The van der Waals surface area contributed by atoms with Crippen LogP contribution >= 0.6 is 31.9 Å². The molecular formula is C12H10Br2N3O2S-. The van der Waals surface area contributed by atoms with Gasteiger partial charge >= 0.3 is 0 Å². The predicted molar refractivity (Wildman–Crippen MR) is 85.3 cm³/mol. The molecule has 0 fully saturated rings. The second-order valence-electron chi connectivity index (χ2n) is 3.98. The molecule has 0 saturated carbocycles. The van der Waals surface area contributed by atoms with E-state index >= 15 is 0 Å². The summed E-state index contributed by atoms with van der Waals surface area (Å²) in [4.78, 5) is 8.17. The Morgan fingerprint density at radius 2 is 2.10 bits per heavy atom. The van der Waals surface area contributed by atoms with E-state index in [-0.39, 0.29) is 10.7 Å². The Morgan fingerprint density at radius 1 is 1.40 bits per heavy atom. The third-order valence-corrected chi connectivity index (χ3v) is 5.04. The Labute approximate surface area is 134 Å². The van der Waals surface area contributed by atoms with E-state index in [2.05, 4.69) is 53.1 Å². The lowest BCUT2D eigenvalue weighted by Crippen LogP contribution is -2.19. The highest BCUT2D eigenvalue weighted by atomic mass is 79.9. The maximum absolute atomic E-state index is 12.4. The van der Waals surface area contributed by atoms with Crippen molar-refractivity contribution in [2.45, 2.75) is 6.92 Å². The SMILES string of the molecule is C=C1C=C[CH-]C(S(=O)(=O)Nc2ncc(Br)nc2Br)=C1C. The monoisotopic (exact) mass is 418 g/mol. The van der Waals surface area contributed by atoms with Gasteiger partial charge in [0.1, 0.15) is 4.60 Å². The van der Waals surface area contributed by atoms with Gasteiger partial charge in [-0.1, -0.05) is 6.92 Å². The van der Waals surface area contributed by atoms with E-state index in [1.807, 2.05) is 0 Å². The van der Waals surface area contributed by atoms with E-state index in [9.17, 15) is 8.42 Å². The maximum atomic E-state index is 12.4. The largest absolute Gasteiger partial charge is 0.263 e. The number of hydrogen-bond acceptors (Lipinski definition) is 4. The smallest absolute Gasteiger partial charge is 0.240 e. The van der Waals surface area contributed by atoms with Gasteiger partial charge in [-0.15, -0.1) is 24.1 Å². The van der Waals surface area contributed by atoms with Gasteiger partial charge in [0.05, 0.1) is 6.20 Å². The Bertz CT molecular complexity index is 739. The molecule has 0 bridgehead atoms. The number of halogens is 2. The van der Waals surface area contributed by atoms with Crippen molar-refractivity contribution in [2.75, 3.05) is 4.72 Å². The van der Waals surface area contributed by atoms with Crippen molar-refractivity contribution in [3.8, 4) is 0 Å². The molecule has 0 amide bonds. The van der Waals surface area contributed by atoms with Crippen LogP contribution in [0.25, 0.3) is 0 Å². The normalized spacial score (nSPS) is 15.2. The molecule has 0 radical (unpaired) electrons. The van der Waals surface area contributed by atoms with Crippen molar-refractivity contribution < 1.29 is 8.42 Å². The molecule has 1 aromatic rings. The lowest BCUT2D eigenvalue weighted by atomic mass is 10.0. The average Bonchev–Trinajstić information content (AvgIpc) is 2.36. The minimum absolute atomic E-state index is 0.127. The molecular weight excluding hydrogens is 410 g/mol. The molecule has 0 spiro atoms. The van der Waals surface area contributed by atoms with Crippen LogP contribution in [0.3, 0.4) is 0 Å². The molecule has 1 N–H and O–H groups in total. The Kier molecular flexibility index (Phi) is 4.36. The highest BCUT2D eigenvalue weighted by Gasteiger charge is 2.18. The van der Waals surface area contributed by atoms with Crippen molar-refractivity contribution in [1.82, 2.24) is 9.97 Å². The van der Waals surface area contributed by atoms with Crippen LogP contribution in [0, 0.1) is 6.42 Å². The van der Waals surface area contributed by atoms with Crippen LogP contribution in [0.15, 0.2) is 50.2 Å². The molecule has 8 heteroatoms. The lowest BCUT2D eigenvalue weighted by Gasteiger charge is -2.23. The second kappa shape index (κ2) is 5.71. The molecule has 1 aliphatic rings. The van der Waals surface area contributed by atoms with Gasteiger partial charge in [0.2, 0.25) is 10.0 Å². The van der Waals surface area contributed by atoms with Crippen LogP contribution in [-0.4, -0.2) is 18.4 Å². The molecule has 5 nitrogen and oxygen atoms in total. The first-order valence-electron chi connectivity index (χ1n) is 5.43. The van der Waals surface area contributed by atoms with E-state index in [0.29, 0.717) is 20.4 Å². The standard InChI is InChI=1S/C12H10Br2N3O2S/c1-7-4-3-5-9(8(7)2)20(18,19)17-12-11(14)16-10(13)6-15-12/h3-6H,1H2,2H3,(H,15,17)/q-1. The summed E-state index contributed by atoms with van der Waals surface area (Å²) in [5, 5.41) is 0. The third-order valence-electron chi connectivity index (χ3n) is 2.62. The summed E-state index contributed by atoms with van der Waals surface area (Å²) in [5.41, 5.74) is 1.26. The van der Waals surface area contributed by atoms with E-state index in [0.717, 1.165) is 0 Å². The fourth-order valence-electron chi connectivity index (χ4n) is 1.55. The van der Waals surface area contributed by atoms with Crippen LogP contribution in [0.2, 0.25) is 0 Å². The van der Waals surface area contributed by atoms with Crippen LogP contribution in [0.4, 0.5) is 5.82 Å². The van der Waals surface area contributed by atoms with Gasteiger partial charge in [-0.3, -0.25) is 4.72 Å². The van der Waals surface area contributed by atoms with E-state index in [1.54, 1.807) is 19.1 Å². The predicted octanol–water partition coefficient (Wildman–Crippen LogP) is 3.35. The second-order valence-corrected chi connectivity index (χ2v) is 7.19. The first-order valence-corrected chi connectivity index (χ1v) is 8.50. The number of rotatable bonds is 3. The first-order chi connectivity index (χ1) is 9.31. The van der Waals surface area contributed by atoms with Crippen LogP contribution < -0.4 is 4.72 Å². The minimum Gasteiger partial charge on any atom is -0.263 e. The highest BCUT2D eigenvalue weighted by Crippen LogP contribution is 2.28. The summed E-state index contributed by atoms with van der Waals surface area (Å²) in [6.07, 6.45) is 6.33. The van der Waals surface area contributed by atoms with Crippen molar-refractivity contribution in [1.29, 1.82) is 0 Å². The zero-order chi connectivity index (χ0) is 14.9. The number of aromatic nitrogens is 2. The molecule has 1 aliphatic carbocycles. The van der Waals surface area contributed by atoms with Crippen LogP contribution in [-0.2, 0) is 10.0 Å². The summed E-state index contributed by atoms with van der Waals surface area (Å²) < 4.78 is 28.0. The van der Waals surface area contributed by atoms with Gasteiger partial charge in [0.15, 0.2) is 10.4 Å². The van der Waals surface area contributed by atoms with Crippen molar-refractivity contribution in [3.05, 3.63) is 56.6 Å². The minimum atomic E-state index is -3.74. The summed E-state index contributed by atoms with van der Waals surface area (Å²) in [7, 11) is -3.74. The molecule has 0 unspecified atom stereocenters. The molecule has 20 heavy (non-hydrogen) atoms. The van der Waals surface area contributed by atoms with E-state index < -0.39 is 10.0 Å². The summed E-state index contributed by atoms with van der Waals surface area (Å²) in [6, 6.07) is 0. The number of nitrogens with one attached hydrogen (secondary N) is 1. The molecule has 106 valence electrons. The number of hydrogen-bond donors (Lipinski definition) is 1. The Morgan fingerprint density at radius 3 is 2.75 bits per heavy atom. The number of anilines is 1. The maximum Gasteiger partial charge on any atom is 0.240 e. The fourth-order valence-corrected chi connectivity index (χ4v) is 3.90. The van der Waals surface area contributed by atoms with Crippen LogP contribution in [0.1, 0.15) is 6.92 Å². The van der Waals surface area contributed by atoms with Gasteiger partial charge in [-0.05, 0) is 36.8 Å². The number of nitrogens with zero attached hydrogens (tertiary/aromatic N) is 2. The quantitative estimate of drug-likeness (QED) is 0.762. The Hall–Kier alpha value is -1.12. The fraction of sp³-hybridized carbons (Fsp3) is 0.0833. The molecule has 0 saturated heterocycles. The van der Waals surface area contributed by atoms with Crippen LogP contribution in [0.5, 0.6) is 0 Å². The summed E-state index contributed by atoms with van der Waals surface area (Å²) in [6.45, 7) is 5.50. The molecule has 1 heterocycles. The molecule has 2 rings (SSSR count). The molecule has 1 aromatic heterocycles. The van der Waals surface area contributed by atoms with E-state index in [1.165, 1.54) is 12.6 Å². The first kappa shape index (κ1) is 15.3. The summed E-state index contributed by atoms with van der Waals surface area (Å²) >= 11 is 6.32. The van der Waals surface area contributed by atoms with Crippen molar-refractivity contribution in [3.63, 3.8) is 0 Å². The Balaban J connectivity index is 2.37. The third kappa shape index (κ3) is 3.13. The lowest BCUT2D eigenvalue weighted by molar-refractivity contribution is 0.606. The average molecular weight is 420 g/mol. The van der Waals surface area contributed by atoms with Crippen molar-refractivity contribution >= 4 is 47.7 Å².